The highest BCUT2D eigenvalue weighted by Gasteiger charge is 2.22. The predicted molar refractivity (Wildman–Crippen MR) is 136 cm³/mol. The van der Waals surface area contributed by atoms with Crippen LogP contribution in [0.3, 0.4) is 0 Å². The third kappa shape index (κ3) is 6.38. The van der Waals surface area contributed by atoms with Gasteiger partial charge in [0.15, 0.2) is 0 Å². The van der Waals surface area contributed by atoms with Gasteiger partial charge >= 0.3 is 0 Å². The number of amides is 1. The summed E-state index contributed by atoms with van der Waals surface area (Å²) in [7, 11) is -1.26. The average Bonchev–Trinajstić information content (AvgIpc) is 3.47. The number of allylic oxidation sites excluding steroid dienone is 1. The van der Waals surface area contributed by atoms with E-state index in [1.165, 1.54) is 28.9 Å². The lowest BCUT2D eigenvalue weighted by molar-refractivity contribution is -0.116. The van der Waals surface area contributed by atoms with E-state index in [0.717, 1.165) is 0 Å². The Hall–Kier alpha value is -3.33. The Kier molecular flexibility index (Phi) is 10.1. The van der Waals surface area contributed by atoms with Gasteiger partial charge in [0, 0.05) is 23.6 Å². The molecule has 0 radical (unpaired) electrons. The van der Waals surface area contributed by atoms with Gasteiger partial charge in [-0.25, -0.2) is 13.3 Å². The first kappa shape index (κ1) is 26.9. The first-order valence-corrected chi connectivity index (χ1v) is 12.7. The van der Waals surface area contributed by atoms with Crippen molar-refractivity contribution >= 4 is 28.5 Å². The van der Waals surface area contributed by atoms with Crippen LogP contribution in [0.15, 0.2) is 55.4 Å². The number of carbonyl (C=O) groups is 1. The highest BCUT2D eigenvalue weighted by molar-refractivity contribution is 7.82. The third-order valence-corrected chi connectivity index (χ3v) is 5.55. The molecule has 0 spiro atoms. The molecule has 0 fully saturated rings. The topological polar surface area (TPSA) is 81.8 Å². The molecule has 0 saturated carbocycles. The van der Waals surface area contributed by atoms with Crippen LogP contribution >= 0.6 is 0 Å². The van der Waals surface area contributed by atoms with Crippen LogP contribution in [0.5, 0.6) is 0 Å². The molecule has 0 saturated heterocycles. The molecule has 0 bridgehead atoms. The van der Waals surface area contributed by atoms with E-state index in [2.05, 4.69) is 35.9 Å². The zero-order chi connectivity index (χ0) is 25.3. The fourth-order valence-electron chi connectivity index (χ4n) is 3.23. The Bertz CT molecular complexity index is 1160. The number of carbonyl (C=O) groups excluding carboxylic acids is 1. The molecular weight excluding hydrogens is 453 g/mol. The van der Waals surface area contributed by atoms with E-state index in [9.17, 15) is 13.4 Å². The minimum atomic E-state index is -1.26. The SMILES string of the molecule is C=Cc1c(/C(=C\C)C(=O)NC(CC)c2ccn(S(C)=O)n2)cnn1-c1ccc(F)cc1.CCC. The zero-order valence-electron chi connectivity index (χ0n) is 20.3. The molecule has 182 valence electrons. The number of halogens is 1. The second-order valence-electron chi connectivity index (χ2n) is 7.45. The van der Waals surface area contributed by atoms with Crippen LogP contribution in [0.1, 0.15) is 63.5 Å². The summed E-state index contributed by atoms with van der Waals surface area (Å²) in [5, 5.41) is 11.7. The molecular formula is C25H32FN5O2S. The minimum absolute atomic E-state index is 0.289. The van der Waals surface area contributed by atoms with Crippen molar-refractivity contribution in [3.63, 3.8) is 0 Å². The van der Waals surface area contributed by atoms with E-state index in [1.807, 2.05) is 6.92 Å². The quantitative estimate of drug-likeness (QED) is 0.451. The van der Waals surface area contributed by atoms with Gasteiger partial charge in [0.2, 0.25) is 0 Å². The standard InChI is InChI=1S/C22H24FN5O2S.C3H8/c1-5-17(22(29)25-19(6-2)20-12-13-27(26-20)31(4)30)18-14-24-28(21(18)7-3)16-10-8-15(23)9-11-16;1-3-2/h5,7-14,19H,3,6H2,1-2,4H3,(H,25,29);3H2,1-2H3/b17-5+;. The Morgan fingerprint density at radius 2 is 1.88 bits per heavy atom. The number of aromatic nitrogens is 4. The zero-order valence-corrected chi connectivity index (χ0v) is 21.1. The molecule has 1 N–H and O–H groups in total. The smallest absolute Gasteiger partial charge is 0.252 e. The fourth-order valence-corrected chi connectivity index (χ4v) is 3.67. The van der Waals surface area contributed by atoms with Gasteiger partial charge in [0.1, 0.15) is 16.8 Å². The largest absolute Gasteiger partial charge is 0.344 e. The molecule has 7 nitrogen and oxygen atoms in total. The number of nitrogens with zero attached hydrogens (tertiary/aromatic N) is 4. The van der Waals surface area contributed by atoms with Crippen LogP contribution < -0.4 is 5.32 Å². The van der Waals surface area contributed by atoms with Crippen molar-refractivity contribution in [1.29, 1.82) is 0 Å². The molecule has 1 aromatic carbocycles. The first-order valence-electron chi connectivity index (χ1n) is 11.1. The maximum atomic E-state index is 13.3. The van der Waals surface area contributed by atoms with Crippen molar-refractivity contribution in [2.75, 3.05) is 6.26 Å². The van der Waals surface area contributed by atoms with Crippen LogP contribution in [0, 0.1) is 5.82 Å². The van der Waals surface area contributed by atoms with Crippen molar-refractivity contribution in [1.82, 2.24) is 24.3 Å². The van der Waals surface area contributed by atoms with Gasteiger partial charge in [0.25, 0.3) is 5.91 Å². The number of nitrogens with one attached hydrogen (secondary N) is 1. The summed E-state index contributed by atoms with van der Waals surface area (Å²) in [6.07, 6.45) is 9.92. The summed E-state index contributed by atoms with van der Waals surface area (Å²) < 4.78 is 27.9. The molecule has 34 heavy (non-hydrogen) atoms. The average molecular weight is 486 g/mol. The molecule has 3 rings (SSSR count). The van der Waals surface area contributed by atoms with Crippen molar-refractivity contribution < 1.29 is 13.4 Å². The molecule has 2 heterocycles. The molecule has 2 aromatic heterocycles. The number of rotatable bonds is 8. The predicted octanol–water partition coefficient (Wildman–Crippen LogP) is 5.08. The third-order valence-electron chi connectivity index (χ3n) is 4.82. The van der Waals surface area contributed by atoms with E-state index in [0.29, 0.717) is 34.6 Å². The van der Waals surface area contributed by atoms with Gasteiger partial charge in [-0.1, -0.05) is 39.8 Å². The lowest BCUT2D eigenvalue weighted by Gasteiger charge is -2.16. The summed E-state index contributed by atoms with van der Waals surface area (Å²) in [5.74, 6) is -0.631. The summed E-state index contributed by atoms with van der Waals surface area (Å²) in [6.45, 7) is 11.8. The fraction of sp³-hybridized carbons (Fsp3) is 0.320. The minimum Gasteiger partial charge on any atom is -0.344 e. The normalized spacial score (nSPS) is 12.9. The molecule has 3 aromatic rings. The van der Waals surface area contributed by atoms with E-state index in [4.69, 9.17) is 0 Å². The highest BCUT2D eigenvalue weighted by atomic mass is 32.2. The van der Waals surface area contributed by atoms with E-state index in [1.54, 1.807) is 54.4 Å². The summed E-state index contributed by atoms with van der Waals surface area (Å²) >= 11 is 0. The summed E-state index contributed by atoms with van der Waals surface area (Å²) in [4.78, 5) is 13.1. The monoisotopic (exact) mass is 485 g/mol. The second kappa shape index (κ2) is 12.8. The molecule has 1 amide bonds. The second-order valence-corrected chi connectivity index (χ2v) is 8.67. The Labute approximate surface area is 203 Å². The van der Waals surface area contributed by atoms with Crippen molar-refractivity contribution in [2.45, 2.75) is 46.6 Å². The van der Waals surface area contributed by atoms with Crippen molar-refractivity contribution in [2.24, 2.45) is 0 Å². The highest BCUT2D eigenvalue weighted by Crippen LogP contribution is 2.25. The van der Waals surface area contributed by atoms with Gasteiger partial charge in [0.05, 0.1) is 29.3 Å². The van der Waals surface area contributed by atoms with E-state index in [-0.39, 0.29) is 17.8 Å². The Morgan fingerprint density at radius 3 is 2.38 bits per heavy atom. The van der Waals surface area contributed by atoms with Gasteiger partial charge in [-0.15, -0.1) is 0 Å². The summed E-state index contributed by atoms with van der Waals surface area (Å²) in [5.41, 5.74) is 2.94. The van der Waals surface area contributed by atoms with Crippen LogP contribution in [-0.2, 0) is 15.8 Å². The molecule has 0 aliphatic heterocycles. The van der Waals surface area contributed by atoms with Crippen LogP contribution in [0.4, 0.5) is 4.39 Å². The van der Waals surface area contributed by atoms with Crippen LogP contribution in [0.25, 0.3) is 17.3 Å². The molecule has 0 aliphatic carbocycles. The van der Waals surface area contributed by atoms with Crippen LogP contribution in [-0.4, -0.2) is 35.3 Å². The number of hydrogen-bond donors (Lipinski definition) is 1. The number of benzene rings is 1. The molecule has 2 unspecified atom stereocenters. The Balaban J connectivity index is 0.00000129. The van der Waals surface area contributed by atoms with Crippen molar-refractivity contribution in [3.05, 3.63) is 78.1 Å². The van der Waals surface area contributed by atoms with Crippen LogP contribution in [0.2, 0.25) is 0 Å². The molecule has 2 atom stereocenters. The van der Waals surface area contributed by atoms with Gasteiger partial charge in [-0.2, -0.15) is 14.3 Å². The van der Waals surface area contributed by atoms with Gasteiger partial charge in [-0.05, 0) is 49.8 Å². The summed E-state index contributed by atoms with van der Waals surface area (Å²) in [6, 6.07) is 7.31. The van der Waals surface area contributed by atoms with E-state index >= 15 is 0 Å². The first-order chi connectivity index (χ1) is 16.3. The lowest BCUT2D eigenvalue weighted by Crippen LogP contribution is -2.29. The lowest BCUT2D eigenvalue weighted by atomic mass is 10.0. The maximum Gasteiger partial charge on any atom is 0.252 e. The van der Waals surface area contributed by atoms with Gasteiger partial charge in [-0.3, -0.25) is 4.79 Å². The van der Waals surface area contributed by atoms with Gasteiger partial charge < -0.3 is 5.32 Å². The van der Waals surface area contributed by atoms with E-state index < -0.39 is 11.0 Å². The maximum absolute atomic E-state index is 13.3. The van der Waals surface area contributed by atoms with Crippen molar-refractivity contribution in [3.8, 4) is 5.69 Å². The molecule has 0 aliphatic rings. The number of hydrogen-bond acceptors (Lipinski definition) is 4. The molecule has 9 heteroatoms. The Morgan fingerprint density at radius 1 is 1.24 bits per heavy atom.